The van der Waals surface area contributed by atoms with Gasteiger partial charge in [-0.25, -0.2) is 0 Å². The van der Waals surface area contributed by atoms with Crippen LogP contribution in [0, 0.1) is 0 Å². The number of benzene rings is 2. The zero-order chi connectivity index (χ0) is 14.0. The highest BCUT2D eigenvalue weighted by Crippen LogP contribution is 2.39. The molecule has 4 heteroatoms. The molecule has 0 aliphatic heterocycles. The van der Waals surface area contributed by atoms with Crippen molar-refractivity contribution in [3.05, 3.63) is 65.2 Å². The highest BCUT2D eigenvalue weighted by atomic mass is 19.4. The van der Waals surface area contributed by atoms with E-state index in [1.54, 1.807) is 31.2 Å². The molecule has 0 saturated heterocycles. The third kappa shape index (κ3) is 2.72. The number of hydrogen-bond donors (Lipinski definition) is 1. The zero-order valence-corrected chi connectivity index (χ0v) is 10.4. The Hall–Kier alpha value is -1.97. The normalized spacial score (nSPS) is 13.3. The lowest BCUT2D eigenvalue weighted by Crippen LogP contribution is -2.13. The van der Waals surface area contributed by atoms with Gasteiger partial charge in [0.1, 0.15) is 0 Å². The second kappa shape index (κ2) is 4.96. The van der Waals surface area contributed by atoms with Crippen molar-refractivity contribution in [2.24, 2.45) is 0 Å². The standard InChI is InChI=1S/C15H14F3N/c1-10(11-6-3-2-4-7-11)14-12(15(16,17)18)8-5-9-13(14)19/h2-10H,19H2,1H3. The van der Waals surface area contributed by atoms with E-state index in [0.29, 0.717) is 0 Å². The number of hydrogen-bond acceptors (Lipinski definition) is 1. The Morgan fingerprint density at radius 1 is 0.947 bits per heavy atom. The molecule has 0 radical (unpaired) electrons. The fourth-order valence-corrected chi connectivity index (χ4v) is 2.22. The van der Waals surface area contributed by atoms with Gasteiger partial charge in [0.2, 0.25) is 0 Å². The molecule has 0 bridgehead atoms. The molecule has 0 heterocycles. The molecule has 0 aromatic heterocycles. The summed E-state index contributed by atoms with van der Waals surface area (Å²) in [5, 5.41) is 0. The summed E-state index contributed by atoms with van der Waals surface area (Å²) >= 11 is 0. The van der Waals surface area contributed by atoms with Crippen LogP contribution in [0.5, 0.6) is 0 Å². The molecule has 100 valence electrons. The number of anilines is 1. The third-order valence-corrected chi connectivity index (χ3v) is 3.18. The van der Waals surface area contributed by atoms with Gasteiger partial charge >= 0.3 is 6.18 Å². The fourth-order valence-electron chi connectivity index (χ4n) is 2.22. The van der Waals surface area contributed by atoms with E-state index in [1.807, 2.05) is 6.07 Å². The van der Waals surface area contributed by atoms with Crippen molar-refractivity contribution in [1.29, 1.82) is 0 Å². The molecular formula is C15H14F3N. The van der Waals surface area contributed by atoms with E-state index >= 15 is 0 Å². The molecule has 2 aromatic carbocycles. The second-order valence-electron chi connectivity index (χ2n) is 4.44. The summed E-state index contributed by atoms with van der Waals surface area (Å²) in [6.07, 6.45) is -4.40. The predicted octanol–water partition coefficient (Wildman–Crippen LogP) is 4.44. The Kier molecular flexibility index (Phi) is 3.51. The molecular weight excluding hydrogens is 251 g/mol. The Bertz CT molecular complexity index is 561. The smallest absolute Gasteiger partial charge is 0.398 e. The summed E-state index contributed by atoms with van der Waals surface area (Å²) in [6, 6.07) is 13.0. The fraction of sp³-hybridized carbons (Fsp3) is 0.200. The number of halogens is 3. The van der Waals surface area contributed by atoms with Crippen molar-refractivity contribution in [1.82, 2.24) is 0 Å². The molecule has 0 aliphatic rings. The molecule has 0 aliphatic carbocycles. The van der Waals surface area contributed by atoms with Crippen LogP contribution in [-0.2, 0) is 6.18 Å². The molecule has 19 heavy (non-hydrogen) atoms. The summed E-state index contributed by atoms with van der Waals surface area (Å²) in [6.45, 7) is 1.73. The van der Waals surface area contributed by atoms with Crippen molar-refractivity contribution >= 4 is 5.69 Å². The lowest BCUT2D eigenvalue weighted by Gasteiger charge is -2.20. The molecule has 0 saturated carbocycles. The molecule has 2 N–H and O–H groups in total. The minimum atomic E-state index is -4.40. The molecule has 2 rings (SSSR count). The van der Waals surface area contributed by atoms with Crippen molar-refractivity contribution in [3.8, 4) is 0 Å². The van der Waals surface area contributed by atoms with Crippen molar-refractivity contribution in [2.45, 2.75) is 19.0 Å². The van der Waals surface area contributed by atoms with Crippen LogP contribution in [-0.4, -0.2) is 0 Å². The van der Waals surface area contributed by atoms with E-state index in [0.717, 1.165) is 11.6 Å². The van der Waals surface area contributed by atoms with E-state index in [9.17, 15) is 13.2 Å². The molecule has 2 aromatic rings. The van der Waals surface area contributed by atoms with Crippen LogP contribution < -0.4 is 5.73 Å². The Morgan fingerprint density at radius 2 is 1.58 bits per heavy atom. The van der Waals surface area contributed by atoms with Crippen molar-refractivity contribution in [2.75, 3.05) is 5.73 Å². The summed E-state index contributed by atoms with van der Waals surface area (Å²) in [4.78, 5) is 0. The molecule has 1 atom stereocenters. The Morgan fingerprint density at radius 3 is 2.16 bits per heavy atom. The highest BCUT2D eigenvalue weighted by molar-refractivity contribution is 5.56. The summed E-state index contributed by atoms with van der Waals surface area (Å²) < 4.78 is 39.1. The van der Waals surface area contributed by atoms with Gasteiger partial charge in [0.05, 0.1) is 5.56 Å². The average molecular weight is 265 g/mol. The van der Waals surface area contributed by atoms with Crippen LogP contribution in [0.15, 0.2) is 48.5 Å². The zero-order valence-electron chi connectivity index (χ0n) is 10.4. The maximum absolute atomic E-state index is 13.0. The van der Waals surface area contributed by atoms with Gasteiger partial charge in [-0.2, -0.15) is 13.2 Å². The first kappa shape index (κ1) is 13.5. The van der Waals surface area contributed by atoms with Crippen LogP contribution in [0.3, 0.4) is 0 Å². The summed E-state index contributed by atoms with van der Waals surface area (Å²) in [5.74, 6) is -0.404. The maximum Gasteiger partial charge on any atom is 0.416 e. The minimum Gasteiger partial charge on any atom is -0.398 e. The maximum atomic E-state index is 13.0. The molecule has 1 nitrogen and oxygen atoms in total. The van der Waals surface area contributed by atoms with E-state index in [4.69, 9.17) is 5.73 Å². The first-order valence-corrected chi connectivity index (χ1v) is 5.92. The SMILES string of the molecule is CC(c1ccccc1)c1c(N)cccc1C(F)(F)F. The lowest BCUT2D eigenvalue weighted by molar-refractivity contribution is -0.138. The van der Waals surface area contributed by atoms with Crippen molar-refractivity contribution < 1.29 is 13.2 Å². The van der Waals surface area contributed by atoms with Crippen molar-refractivity contribution in [3.63, 3.8) is 0 Å². The number of rotatable bonds is 2. The minimum absolute atomic E-state index is 0.140. The molecule has 0 amide bonds. The van der Waals surface area contributed by atoms with E-state index in [-0.39, 0.29) is 11.3 Å². The predicted molar refractivity (Wildman–Crippen MR) is 69.8 cm³/mol. The average Bonchev–Trinajstić information content (AvgIpc) is 2.37. The first-order chi connectivity index (χ1) is 8.91. The van der Waals surface area contributed by atoms with Gasteiger partial charge in [-0.05, 0) is 23.3 Å². The Balaban J connectivity index is 2.56. The van der Waals surface area contributed by atoms with E-state index < -0.39 is 17.7 Å². The van der Waals surface area contributed by atoms with Gasteiger partial charge < -0.3 is 5.73 Å². The number of alkyl halides is 3. The summed E-state index contributed by atoms with van der Waals surface area (Å²) in [7, 11) is 0. The lowest BCUT2D eigenvalue weighted by atomic mass is 9.88. The highest BCUT2D eigenvalue weighted by Gasteiger charge is 2.35. The van der Waals surface area contributed by atoms with Gasteiger partial charge in [0, 0.05) is 11.6 Å². The van der Waals surface area contributed by atoms with E-state index in [2.05, 4.69) is 0 Å². The van der Waals surface area contributed by atoms with Crippen LogP contribution in [0.25, 0.3) is 0 Å². The van der Waals surface area contributed by atoms with Gasteiger partial charge in [-0.15, -0.1) is 0 Å². The van der Waals surface area contributed by atoms with Crippen LogP contribution in [0.2, 0.25) is 0 Å². The largest absolute Gasteiger partial charge is 0.416 e. The van der Waals surface area contributed by atoms with Gasteiger partial charge in [-0.3, -0.25) is 0 Å². The second-order valence-corrected chi connectivity index (χ2v) is 4.44. The summed E-state index contributed by atoms with van der Waals surface area (Å²) in [5.41, 5.74) is 6.22. The molecule has 0 fully saturated rings. The Labute approximate surface area is 109 Å². The number of nitrogens with two attached hydrogens (primary N) is 1. The monoisotopic (exact) mass is 265 g/mol. The van der Waals surface area contributed by atoms with Crippen LogP contribution in [0.1, 0.15) is 29.5 Å². The molecule has 0 spiro atoms. The van der Waals surface area contributed by atoms with Gasteiger partial charge in [-0.1, -0.05) is 43.3 Å². The van der Waals surface area contributed by atoms with Gasteiger partial charge in [0.25, 0.3) is 0 Å². The third-order valence-electron chi connectivity index (χ3n) is 3.18. The topological polar surface area (TPSA) is 26.0 Å². The van der Waals surface area contributed by atoms with Crippen LogP contribution >= 0.6 is 0 Å². The van der Waals surface area contributed by atoms with Crippen LogP contribution in [0.4, 0.5) is 18.9 Å². The number of nitrogen functional groups attached to an aromatic ring is 1. The van der Waals surface area contributed by atoms with Gasteiger partial charge in [0.15, 0.2) is 0 Å². The molecule has 1 unspecified atom stereocenters. The quantitative estimate of drug-likeness (QED) is 0.798. The van der Waals surface area contributed by atoms with E-state index in [1.165, 1.54) is 12.1 Å². The first-order valence-electron chi connectivity index (χ1n) is 5.92.